The zero-order chi connectivity index (χ0) is 9.28. The summed E-state index contributed by atoms with van der Waals surface area (Å²) in [6.45, 7) is 0. The number of alkyl halides is 6. The summed E-state index contributed by atoms with van der Waals surface area (Å²) in [7, 11) is 0.290. The van der Waals surface area contributed by atoms with Gasteiger partial charge in [-0.05, 0) is 0 Å². The van der Waals surface area contributed by atoms with Crippen LogP contribution in [0.15, 0.2) is 0 Å². The molecule has 0 aliphatic carbocycles. The molecule has 68 valence electrons. The molecule has 0 amide bonds. The van der Waals surface area contributed by atoms with Gasteiger partial charge in [0.2, 0.25) is 0 Å². The first-order valence-corrected chi connectivity index (χ1v) is 2.35. The Kier molecular flexibility index (Phi) is 2.76. The molecule has 0 aromatic carbocycles. The van der Waals surface area contributed by atoms with Crippen LogP contribution < -0.4 is 0 Å². The molecule has 0 aliphatic rings. The molecule has 0 rings (SSSR count). The molecule has 1 nitrogen and oxygen atoms in total. The van der Waals surface area contributed by atoms with Gasteiger partial charge in [0.25, 0.3) is 6.17 Å². The van der Waals surface area contributed by atoms with Crippen molar-refractivity contribution in [3.05, 3.63) is 0 Å². The van der Waals surface area contributed by atoms with Crippen LogP contribution >= 0.6 is 0 Å². The molecule has 0 aliphatic heterocycles. The molecule has 0 fully saturated rings. The van der Waals surface area contributed by atoms with Crippen molar-refractivity contribution in [2.75, 3.05) is 7.11 Å². The van der Waals surface area contributed by atoms with E-state index < -0.39 is 18.5 Å². The lowest BCUT2D eigenvalue weighted by Crippen LogP contribution is -2.42. The first-order valence-electron chi connectivity index (χ1n) is 2.35. The zero-order valence-electron chi connectivity index (χ0n) is 5.25. The summed E-state index contributed by atoms with van der Waals surface area (Å²) in [6.07, 6.45) is -14.7. The van der Waals surface area contributed by atoms with Gasteiger partial charge in [-0.3, -0.25) is 0 Å². The van der Waals surface area contributed by atoms with Crippen molar-refractivity contribution in [2.24, 2.45) is 0 Å². The largest absolute Gasteiger partial charge is 0.428 e. The van der Waals surface area contributed by atoms with Crippen LogP contribution in [0.1, 0.15) is 0 Å². The molecule has 0 N–H and O–H groups in total. The van der Waals surface area contributed by atoms with E-state index in [0.717, 1.165) is 0 Å². The predicted molar refractivity (Wildman–Crippen MR) is 22.9 cm³/mol. The van der Waals surface area contributed by atoms with Crippen LogP contribution in [0.4, 0.5) is 26.3 Å². The summed E-state index contributed by atoms with van der Waals surface area (Å²) < 4.78 is 71.7. The maximum absolute atomic E-state index is 11.7. The van der Waals surface area contributed by atoms with Gasteiger partial charge in [-0.2, -0.15) is 22.0 Å². The predicted octanol–water partition coefficient (Wildman–Crippen LogP) is 2.13. The molecule has 7 heteroatoms. The van der Waals surface area contributed by atoms with Crippen molar-refractivity contribution in [1.82, 2.24) is 0 Å². The van der Waals surface area contributed by atoms with Gasteiger partial charge < -0.3 is 4.74 Å². The molecule has 0 saturated carbocycles. The van der Waals surface area contributed by atoms with Crippen LogP contribution in [0.25, 0.3) is 0 Å². The SMILES string of the molecule is COC(F)(F)[C@@H](F)C(F)(F)F. The fourth-order valence-electron chi connectivity index (χ4n) is 0.294. The smallest absolute Gasteiger partial charge is 0.321 e. The lowest BCUT2D eigenvalue weighted by atomic mass is 10.3. The molecule has 0 aromatic rings. The standard InChI is InChI=1S/C4H4F6O/c1-11-4(9,10)2(5)3(6,7)8/h2H,1H3/t2-/m0/s1. The van der Waals surface area contributed by atoms with Crippen molar-refractivity contribution in [3.63, 3.8) is 0 Å². The average molecular weight is 182 g/mol. The molecule has 0 heterocycles. The molecular formula is C4H4F6O. The number of rotatable bonds is 2. The van der Waals surface area contributed by atoms with Gasteiger partial charge in [-0.1, -0.05) is 0 Å². The molecule has 0 spiro atoms. The minimum atomic E-state index is -5.60. The first-order chi connectivity index (χ1) is 4.72. The highest BCUT2D eigenvalue weighted by Crippen LogP contribution is 2.34. The third kappa shape index (κ3) is 2.57. The minimum Gasteiger partial charge on any atom is -0.321 e. The minimum absolute atomic E-state index is 0.290. The second kappa shape index (κ2) is 2.88. The van der Waals surface area contributed by atoms with Gasteiger partial charge >= 0.3 is 12.3 Å². The number of methoxy groups -OCH3 is 1. The Labute approximate surface area is 57.9 Å². The monoisotopic (exact) mass is 182 g/mol. The summed E-state index contributed by atoms with van der Waals surface area (Å²) in [5.74, 6) is 0. The van der Waals surface area contributed by atoms with Crippen LogP contribution in [-0.2, 0) is 4.74 Å². The molecule has 11 heavy (non-hydrogen) atoms. The first kappa shape index (κ1) is 10.5. The Morgan fingerprint density at radius 3 is 1.55 bits per heavy atom. The van der Waals surface area contributed by atoms with Gasteiger partial charge in [-0.25, -0.2) is 4.39 Å². The van der Waals surface area contributed by atoms with E-state index in [1.165, 1.54) is 0 Å². The summed E-state index contributed by atoms with van der Waals surface area (Å²) >= 11 is 0. The highest BCUT2D eigenvalue weighted by atomic mass is 19.4. The van der Waals surface area contributed by atoms with E-state index in [0.29, 0.717) is 0 Å². The Hall–Kier alpha value is -0.460. The van der Waals surface area contributed by atoms with E-state index in [4.69, 9.17) is 0 Å². The van der Waals surface area contributed by atoms with E-state index in [9.17, 15) is 26.3 Å². The number of hydrogen-bond donors (Lipinski definition) is 0. The number of halogens is 6. The van der Waals surface area contributed by atoms with Gasteiger partial charge in [-0.15, -0.1) is 0 Å². The molecule has 1 atom stereocenters. The van der Waals surface area contributed by atoms with E-state index in [1.807, 2.05) is 0 Å². The quantitative estimate of drug-likeness (QED) is 0.594. The van der Waals surface area contributed by atoms with E-state index in [-0.39, 0.29) is 7.11 Å². The fraction of sp³-hybridized carbons (Fsp3) is 1.00. The second-order valence-electron chi connectivity index (χ2n) is 1.67. The Balaban J connectivity index is 4.35. The summed E-state index contributed by atoms with van der Waals surface area (Å²) in [4.78, 5) is 0. The van der Waals surface area contributed by atoms with Crippen LogP contribution in [-0.4, -0.2) is 25.6 Å². The van der Waals surface area contributed by atoms with Crippen molar-refractivity contribution in [2.45, 2.75) is 18.5 Å². The summed E-state index contributed by atoms with van der Waals surface area (Å²) in [5.41, 5.74) is 0. The molecule has 0 radical (unpaired) electrons. The third-order valence-corrected chi connectivity index (χ3v) is 0.855. The van der Waals surface area contributed by atoms with E-state index >= 15 is 0 Å². The summed E-state index contributed by atoms with van der Waals surface area (Å²) in [5, 5.41) is 0. The van der Waals surface area contributed by atoms with Crippen LogP contribution in [0.3, 0.4) is 0 Å². The maximum Gasteiger partial charge on any atom is 0.428 e. The van der Waals surface area contributed by atoms with E-state index in [2.05, 4.69) is 4.74 Å². The van der Waals surface area contributed by atoms with E-state index in [1.54, 1.807) is 0 Å². The molecule has 0 unspecified atom stereocenters. The Morgan fingerprint density at radius 2 is 1.45 bits per heavy atom. The highest BCUT2D eigenvalue weighted by Gasteiger charge is 2.57. The average Bonchev–Trinajstić information content (AvgIpc) is 1.84. The van der Waals surface area contributed by atoms with Crippen LogP contribution in [0, 0.1) is 0 Å². The van der Waals surface area contributed by atoms with Crippen LogP contribution in [0.5, 0.6) is 0 Å². The molecular weight excluding hydrogens is 178 g/mol. The fourth-order valence-corrected chi connectivity index (χ4v) is 0.294. The normalized spacial score (nSPS) is 16.6. The van der Waals surface area contributed by atoms with Gasteiger partial charge in [0.1, 0.15) is 0 Å². The number of hydrogen-bond acceptors (Lipinski definition) is 1. The van der Waals surface area contributed by atoms with Gasteiger partial charge in [0.05, 0.1) is 0 Å². The van der Waals surface area contributed by atoms with Crippen LogP contribution in [0.2, 0.25) is 0 Å². The Bertz CT molecular complexity index is 129. The van der Waals surface area contributed by atoms with Crippen molar-refractivity contribution in [3.8, 4) is 0 Å². The van der Waals surface area contributed by atoms with Gasteiger partial charge in [0.15, 0.2) is 0 Å². The zero-order valence-corrected chi connectivity index (χ0v) is 5.25. The molecule has 0 bridgehead atoms. The topological polar surface area (TPSA) is 9.23 Å². The number of ether oxygens (including phenoxy) is 1. The summed E-state index contributed by atoms with van der Waals surface area (Å²) in [6, 6.07) is 0. The Morgan fingerprint density at radius 1 is 1.09 bits per heavy atom. The van der Waals surface area contributed by atoms with Crippen molar-refractivity contribution >= 4 is 0 Å². The van der Waals surface area contributed by atoms with Crippen molar-refractivity contribution in [1.29, 1.82) is 0 Å². The second-order valence-corrected chi connectivity index (χ2v) is 1.67. The molecule has 0 saturated heterocycles. The third-order valence-electron chi connectivity index (χ3n) is 0.855. The van der Waals surface area contributed by atoms with Crippen molar-refractivity contribution < 1.29 is 31.1 Å². The van der Waals surface area contributed by atoms with Gasteiger partial charge in [0, 0.05) is 7.11 Å². The molecule has 0 aromatic heterocycles. The lowest BCUT2D eigenvalue weighted by Gasteiger charge is -2.20. The highest BCUT2D eigenvalue weighted by molar-refractivity contribution is 4.74. The lowest BCUT2D eigenvalue weighted by molar-refractivity contribution is -0.327. The maximum atomic E-state index is 11.7.